The number of aromatic nitrogens is 4. The van der Waals surface area contributed by atoms with Crippen molar-refractivity contribution in [3.63, 3.8) is 0 Å². The van der Waals surface area contributed by atoms with Crippen LogP contribution in [-0.2, 0) is 11.3 Å². The normalized spacial score (nSPS) is 9.93. The van der Waals surface area contributed by atoms with E-state index in [1.54, 1.807) is 10.8 Å². The fraction of sp³-hybridized carbons (Fsp3) is 0.500. The second-order valence-electron chi connectivity index (χ2n) is 2.67. The zero-order valence-electron chi connectivity index (χ0n) is 8.51. The van der Waals surface area contributed by atoms with Gasteiger partial charge in [0.25, 0.3) is 0 Å². The molecule has 0 saturated heterocycles. The van der Waals surface area contributed by atoms with E-state index in [4.69, 9.17) is 0 Å². The van der Waals surface area contributed by atoms with E-state index in [0.717, 1.165) is 0 Å². The van der Waals surface area contributed by atoms with Crippen molar-refractivity contribution in [2.45, 2.75) is 18.6 Å². The number of rotatable bonds is 6. The van der Waals surface area contributed by atoms with E-state index >= 15 is 0 Å². The fourth-order valence-electron chi connectivity index (χ4n) is 0.915. The van der Waals surface area contributed by atoms with Gasteiger partial charge in [-0.05, 0) is 17.4 Å². The molecule has 0 aliphatic rings. The van der Waals surface area contributed by atoms with E-state index in [1.165, 1.54) is 11.8 Å². The summed E-state index contributed by atoms with van der Waals surface area (Å²) in [5.74, 6) is 0.307. The standard InChI is InChI=1S/C8H13N5OS/c1-3-5-13-8(10-11-12-13)15-6-7(14)9-4-2/h3H,1,4-6H2,2H3,(H,9,14). The first-order valence-corrected chi connectivity index (χ1v) is 5.53. The first-order chi connectivity index (χ1) is 7.27. The average Bonchev–Trinajstić information content (AvgIpc) is 2.64. The number of carbonyl (C=O) groups is 1. The quantitative estimate of drug-likeness (QED) is 0.550. The SMILES string of the molecule is C=CCn1nnnc1SCC(=O)NCC. The maximum absolute atomic E-state index is 11.2. The molecule has 82 valence electrons. The van der Waals surface area contributed by atoms with Crippen LogP contribution in [-0.4, -0.2) is 38.4 Å². The third-order valence-electron chi connectivity index (χ3n) is 1.51. The van der Waals surface area contributed by atoms with Gasteiger partial charge >= 0.3 is 0 Å². The molecule has 1 aromatic rings. The lowest BCUT2D eigenvalue weighted by Gasteiger charge is -2.01. The van der Waals surface area contributed by atoms with Crippen molar-refractivity contribution in [3.05, 3.63) is 12.7 Å². The van der Waals surface area contributed by atoms with Crippen LogP contribution in [0.5, 0.6) is 0 Å². The number of carbonyl (C=O) groups excluding carboxylic acids is 1. The minimum atomic E-state index is -0.0179. The summed E-state index contributed by atoms with van der Waals surface area (Å²) in [4.78, 5) is 11.2. The summed E-state index contributed by atoms with van der Waals surface area (Å²) in [6, 6.07) is 0. The molecule has 0 spiro atoms. The Morgan fingerprint density at radius 2 is 2.53 bits per heavy atom. The summed E-state index contributed by atoms with van der Waals surface area (Å²) in [6.07, 6.45) is 1.70. The second-order valence-corrected chi connectivity index (χ2v) is 3.62. The van der Waals surface area contributed by atoms with E-state index in [-0.39, 0.29) is 5.91 Å². The van der Waals surface area contributed by atoms with Crippen molar-refractivity contribution in [1.29, 1.82) is 0 Å². The minimum Gasteiger partial charge on any atom is -0.356 e. The Kier molecular flexibility index (Phi) is 4.82. The lowest BCUT2D eigenvalue weighted by atomic mass is 10.6. The van der Waals surface area contributed by atoms with Crippen LogP contribution in [0.15, 0.2) is 17.8 Å². The smallest absolute Gasteiger partial charge is 0.230 e. The number of allylic oxidation sites excluding steroid dienone is 1. The number of hydrogen-bond acceptors (Lipinski definition) is 5. The van der Waals surface area contributed by atoms with Crippen LogP contribution in [0.1, 0.15) is 6.92 Å². The highest BCUT2D eigenvalue weighted by atomic mass is 32.2. The van der Waals surface area contributed by atoms with Crippen molar-refractivity contribution in [3.8, 4) is 0 Å². The number of nitrogens with one attached hydrogen (secondary N) is 1. The highest BCUT2D eigenvalue weighted by Crippen LogP contribution is 2.12. The third-order valence-corrected chi connectivity index (χ3v) is 2.46. The number of tetrazole rings is 1. The molecule has 0 aliphatic heterocycles. The molecule has 0 unspecified atom stereocenters. The summed E-state index contributed by atoms with van der Waals surface area (Å²) in [5.41, 5.74) is 0. The predicted octanol–water partition coefficient (Wildman–Crippen LogP) is 0.0873. The average molecular weight is 227 g/mol. The molecule has 1 heterocycles. The monoisotopic (exact) mass is 227 g/mol. The van der Waals surface area contributed by atoms with Gasteiger partial charge < -0.3 is 5.32 Å². The number of nitrogens with zero attached hydrogens (tertiary/aromatic N) is 4. The zero-order valence-corrected chi connectivity index (χ0v) is 9.33. The minimum absolute atomic E-state index is 0.0179. The van der Waals surface area contributed by atoms with Crippen LogP contribution in [0.25, 0.3) is 0 Å². The van der Waals surface area contributed by atoms with Crippen molar-refractivity contribution in [2.75, 3.05) is 12.3 Å². The lowest BCUT2D eigenvalue weighted by molar-refractivity contribution is -0.118. The number of hydrogen-bond donors (Lipinski definition) is 1. The van der Waals surface area contributed by atoms with Crippen LogP contribution in [0.2, 0.25) is 0 Å². The Hall–Kier alpha value is -1.37. The zero-order chi connectivity index (χ0) is 11.1. The second kappa shape index (κ2) is 6.18. The molecule has 0 fully saturated rings. The Morgan fingerprint density at radius 3 is 3.20 bits per heavy atom. The van der Waals surface area contributed by atoms with Crippen LogP contribution in [0.4, 0.5) is 0 Å². The topological polar surface area (TPSA) is 72.7 Å². The molecule has 1 rings (SSSR count). The first kappa shape index (κ1) is 11.7. The van der Waals surface area contributed by atoms with Crippen molar-refractivity contribution < 1.29 is 4.79 Å². The maximum Gasteiger partial charge on any atom is 0.230 e. The molecule has 1 amide bonds. The first-order valence-electron chi connectivity index (χ1n) is 4.54. The van der Waals surface area contributed by atoms with Gasteiger partial charge in [0.2, 0.25) is 11.1 Å². The van der Waals surface area contributed by atoms with Gasteiger partial charge in [0.15, 0.2) is 0 Å². The molecule has 0 aliphatic carbocycles. The van der Waals surface area contributed by atoms with Gasteiger partial charge in [-0.3, -0.25) is 4.79 Å². The highest BCUT2D eigenvalue weighted by Gasteiger charge is 2.07. The molecule has 0 aromatic carbocycles. The van der Waals surface area contributed by atoms with E-state index in [1.807, 2.05) is 6.92 Å². The molecule has 0 saturated carbocycles. The molecule has 0 bridgehead atoms. The number of thioether (sulfide) groups is 1. The summed E-state index contributed by atoms with van der Waals surface area (Å²) in [6.45, 7) is 6.66. The molecular formula is C8H13N5OS. The largest absolute Gasteiger partial charge is 0.356 e. The Labute approximate surface area is 92.1 Å². The fourth-order valence-corrected chi connectivity index (χ4v) is 1.63. The van der Waals surface area contributed by atoms with Crippen LogP contribution in [0.3, 0.4) is 0 Å². The van der Waals surface area contributed by atoms with E-state index < -0.39 is 0 Å². The summed E-state index contributed by atoms with van der Waals surface area (Å²) >= 11 is 1.31. The van der Waals surface area contributed by atoms with Crippen LogP contribution in [0, 0.1) is 0 Å². The van der Waals surface area contributed by atoms with Gasteiger partial charge in [-0.15, -0.1) is 11.7 Å². The van der Waals surface area contributed by atoms with Gasteiger partial charge in [0.05, 0.1) is 12.3 Å². The van der Waals surface area contributed by atoms with Gasteiger partial charge in [0, 0.05) is 6.54 Å². The summed E-state index contributed by atoms with van der Waals surface area (Å²) < 4.78 is 1.59. The third kappa shape index (κ3) is 3.70. The van der Waals surface area contributed by atoms with Crippen LogP contribution < -0.4 is 5.32 Å². The Bertz CT molecular complexity index is 338. The van der Waals surface area contributed by atoms with Crippen molar-refractivity contribution >= 4 is 17.7 Å². The van der Waals surface area contributed by atoms with E-state index in [9.17, 15) is 4.79 Å². The molecule has 1 N–H and O–H groups in total. The van der Waals surface area contributed by atoms with Crippen molar-refractivity contribution in [2.24, 2.45) is 0 Å². The molecule has 0 radical (unpaired) electrons. The molecular weight excluding hydrogens is 214 g/mol. The Balaban J connectivity index is 2.46. The van der Waals surface area contributed by atoms with Gasteiger partial charge in [-0.25, -0.2) is 4.68 Å². The van der Waals surface area contributed by atoms with E-state index in [0.29, 0.717) is 24.0 Å². The van der Waals surface area contributed by atoms with E-state index in [2.05, 4.69) is 27.4 Å². The maximum atomic E-state index is 11.2. The molecule has 0 atom stereocenters. The van der Waals surface area contributed by atoms with Gasteiger partial charge in [0.1, 0.15) is 0 Å². The predicted molar refractivity (Wildman–Crippen MR) is 57.4 cm³/mol. The number of amides is 1. The van der Waals surface area contributed by atoms with Gasteiger partial charge in [-0.1, -0.05) is 17.8 Å². The molecule has 1 aromatic heterocycles. The summed E-state index contributed by atoms with van der Waals surface area (Å²) in [7, 11) is 0. The summed E-state index contributed by atoms with van der Waals surface area (Å²) in [5, 5.41) is 14.4. The molecule has 6 nitrogen and oxygen atoms in total. The highest BCUT2D eigenvalue weighted by molar-refractivity contribution is 7.99. The molecule has 7 heteroatoms. The Morgan fingerprint density at radius 1 is 1.73 bits per heavy atom. The van der Waals surface area contributed by atoms with Gasteiger partial charge in [-0.2, -0.15) is 0 Å². The lowest BCUT2D eigenvalue weighted by Crippen LogP contribution is -2.24. The molecule has 15 heavy (non-hydrogen) atoms. The van der Waals surface area contributed by atoms with Crippen molar-refractivity contribution in [1.82, 2.24) is 25.5 Å². The van der Waals surface area contributed by atoms with Crippen LogP contribution >= 0.6 is 11.8 Å².